The number of nitrogens with zero attached hydrogens (tertiary/aromatic N) is 1. The van der Waals surface area contributed by atoms with Gasteiger partial charge in [0.1, 0.15) is 30.1 Å². The van der Waals surface area contributed by atoms with Crippen molar-refractivity contribution < 1.29 is 27.4 Å². The SMILES string of the molecule is COc1cc(OCc2ccc(C)cc2)ccc1CN(CC(F)(F)F)C(=O)C1(CCCCBr)c2ccccc2-c2ccccc21.P=S. The molecular weight excluding hydrogens is 694 g/mol. The Kier molecular flexibility index (Phi) is 12.4. The second-order valence-corrected chi connectivity index (χ2v) is 12.0. The van der Waals surface area contributed by atoms with Crippen LogP contribution >= 0.6 is 23.9 Å². The summed E-state index contributed by atoms with van der Waals surface area (Å²) in [7, 11) is 4.02. The van der Waals surface area contributed by atoms with E-state index in [1.165, 1.54) is 7.11 Å². The van der Waals surface area contributed by atoms with Crippen molar-refractivity contribution in [3.05, 3.63) is 119 Å². The minimum atomic E-state index is -4.60. The molecule has 0 aromatic heterocycles. The van der Waals surface area contributed by atoms with Crippen molar-refractivity contribution in [3.63, 3.8) is 0 Å². The molecule has 0 saturated carbocycles. The number of benzene rings is 4. The van der Waals surface area contributed by atoms with Crippen LogP contribution in [-0.4, -0.2) is 36.0 Å². The molecule has 0 spiro atoms. The van der Waals surface area contributed by atoms with Crippen LogP contribution in [0.25, 0.3) is 11.1 Å². The van der Waals surface area contributed by atoms with Crippen molar-refractivity contribution in [3.8, 4) is 22.6 Å². The number of amides is 1. The van der Waals surface area contributed by atoms with Gasteiger partial charge in [-0.15, -0.1) is 0 Å². The Morgan fingerprint density at radius 1 is 0.913 bits per heavy atom. The van der Waals surface area contributed by atoms with Crippen LogP contribution in [0, 0.1) is 6.92 Å². The standard InChI is InChI=1S/C36H35BrF3NO3.HPS/c1-25-13-15-26(16-14-25)23-44-28-18-17-27(33(21-28)43-2)22-41(24-36(38,39)40)34(42)35(19-7-8-20-37)31-11-5-3-9-29(31)30-10-4-6-12-32(30)35;1-2/h3-6,9-18,21H,7-8,19-20,22-24H2,1-2H3;1H. The third-order valence-corrected chi connectivity index (χ3v) is 8.73. The van der Waals surface area contributed by atoms with Gasteiger partial charge in [-0.2, -0.15) is 13.2 Å². The number of carbonyl (C=O) groups excluding carboxylic acids is 1. The molecule has 10 heteroatoms. The van der Waals surface area contributed by atoms with Crippen molar-refractivity contribution >= 4 is 41.7 Å². The van der Waals surface area contributed by atoms with Gasteiger partial charge in [0.05, 0.1) is 7.11 Å². The highest BCUT2D eigenvalue weighted by molar-refractivity contribution is 9.09. The lowest BCUT2D eigenvalue weighted by Gasteiger charge is -2.37. The topological polar surface area (TPSA) is 38.8 Å². The molecule has 0 bridgehead atoms. The number of hydrogen-bond acceptors (Lipinski definition) is 4. The van der Waals surface area contributed by atoms with Crippen molar-refractivity contribution in [2.24, 2.45) is 0 Å². The van der Waals surface area contributed by atoms with Gasteiger partial charge < -0.3 is 14.4 Å². The number of methoxy groups -OCH3 is 1. The molecule has 242 valence electrons. The minimum absolute atomic E-state index is 0.274. The molecule has 1 aliphatic rings. The van der Waals surface area contributed by atoms with E-state index in [9.17, 15) is 18.0 Å². The number of carbonyl (C=O) groups is 1. The molecule has 1 amide bonds. The van der Waals surface area contributed by atoms with Crippen LogP contribution in [0.2, 0.25) is 0 Å². The van der Waals surface area contributed by atoms with E-state index in [0.717, 1.165) is 50.0 Å². The van der Waals surface area contributed by atoms with E-state index in [2.05, 4.69) is 35.8 Å². The highest BCUT2D eigenvalue weighted by Crippen LogP contribution is 2.52. The molecule has 4 nitrogen and oxygen atoms in total. The van der Waals surface area contributed by atoms with Crippen LogP contribution in [0.1, 0.15) is 47.1 Å². The van der Waals surface area contributed by atoms with E-state index < -0.39 is 24.0 Å². The summed E-state index contributed by atoms with van der Waals surface area (Å²) < 4.78 is 54.0. The number of rotatable bonds is 12. The fourth-order valence-electron chi connectivity index (χ4n) is 6.10. The van der Waals surface area contributed by atoms with Gasteiger partial charge in [-0.3, -0.25) is 4.79 Å². The number of alkyl halides is 4. The van der Waals surface area contributed by atoms with Crippen molar-refractivity contribution in [2.45, 2.75) is 50.9 Å². The maximum atomic E-state index is 14.8. The number of unbranched alkanes of at least 4 members (excludes halogenated alkanes) is 1. The second-order valence-electron chi connectivity index (χ2n) is 11.2. The monoisotopic (exact) mass is 729 g/mol. The van der Waals surface area contributed by atoms with Gasteiger partial charge in [-0.25, -0.2) is 0 Å². The Morgan fingerprint density at radius 2 is 1.52 bits per heavy atom. The normalized spacial score (nSPS) is 12.7. The van der Waals surface area contributed by atoms with Crippen LogP contribution in [0.3, 0.4) is 0 Å². The van der Waals surface area contributed by atoms with Gasteiger partial charge in [-0.05, 0) is 67.7 Å². The molecule has 0 aliphatic heterocycles. The molecule has 0 N–H and O–H groups in total. The highest BCUT2D eigenvalue weighted by Gasteiger charge is 2.51. The Morgan fingerprint density at radius 3 is 2.09 bits per heavy atom. The molecular formula is C36H36BrF3NO3PS. The van der Waals surface area contributed by atoms with E-state index >= 15 is 0 Å². The predicted molar refractivity (Wildman–Crippen MR) is 186 cm³/mol. The summed E-state index contributed by atoms with van der Waals surface area (Å²) in [6, 6.07) is 28.2. The molecule has 0 saturated heterocycles. The zero-order chi connectivity index (χ0) is 33.3. The van der Waals surface area contributed by atoms with Crippen LogP contribution in [0.15, 0.2) is 91.0 Å². The van der Waals surface area contributed by atoms with Gasteiger partial charge in [0.2, 0.25) is 5.91 Å². The first kappa shape index (κ1) is 35.6. The summed E-state index contributed by atoms with van der Waals surface area (Å²) in [5.41, 5.74) is 4.62. The van der Waals surface area contributed by atoms with Gasteiger partial charge in [0, 0.05) is 23.5 Å². The number of fused-ring (bicyclic) bond motifs is 3. The van der Waals surface area contributed by atoms with Crippen LogP contribution < -0.4 is 9.47 Å². The molecule has 1 aliphatic carbocycles. The quantitative estimate of drug-likeness (QED) is 0.0828. The first-order valence-electron chi connectivity index (χ1n) is 14.8. The summed E-state index contributed by atoms with van der Waals surface area (Å²) >= 11 is 7.36. The number of ether oxygens (including phenoxy) is 2. The van der Waals surface area contributed by atoms with Gasteiger partial charge in [0.25, 0.3) is 0 Å². The van der Waals surface area contributed by atoms with Crippen molar-refractivity contribution in [1.82, 2.24) is 4.90 Å². The summed E-state index contributed by atoms with van der Waals surface area (Å²) in [5, 5.41) is 0.738. The zero-order valence-electron chi connectivity index (χ0n) is 25.7. The molecule has 46 heavy (non-hydrogen) atoms. The minimum Gasteiger partial charge on any atom is -0.496 e. The number of aryl methyl sites for hydroxylation is 1. The lowest BCUT2D eigenvalue weighted by atomic mass is 9.73. The fraction of sp³-hybridized carbons (Fsp3) is 0.306. The molecule has 5 rings (SSSR count). The number of hydrogen-bond donors (Lipinski definition) is 0. The predicted octanol–water partition coefficient (Wildman–Crippen LogP) is 9.60. The molecule has 4 aromatic rings. The van der Waals surface area contributed by atoms with E-state index in [-0.39, 0.29) is 6.54 Å². The zero-order valence-corrected chi connectivity index (χ0v) is 29.1. The molecule has 4 aromatic carbocycles. The largest absolute Gasteiger partial charge is 0.496 e. The van der Waals surface area contributed by atoms with Gasteiger partial charge in [0.15, 0.2) is 0 Å². The average Bonchev–Trinajstić information content (AvgIpc) is 3.35. The Hall–Kier alpha value is -3.26. The van der Waals surface area contributed by atoms with Gasteiger partial charge >= 0.3 is 6.18 Å². The van der Waals surface area contributed by atoms with Crippen LogP contribution in [0.5, 0.6) is 11.5 Å². The Balaban J connectivity index is 0.00000235. The van der Waals surface area contributed by atoms with E-state index in [4.69, 9.17) is 9.47 Å². The smallest absolute Gasteiger partial charge is 0.406 e. The summed E-state index contributed by atoms with van der Waals surface area (Å²) in [6.07, 6.45) is -2.76. The first-order chi connectivity index (χ1) is 22.2. The lowest BCUT2D eigenvalue weighted by molar-refractivity contribution is -0.165. The number of halogens is 4. The van der Waals surface area contributed by atoms with Crippen molar-refractivity contribution in [2.75, 3.05) is 19.0 Å². The van der Waals surface area contributed by atoms with E-state index in [1.54, 1.807) is 18.2 Å². The highest BCUT2D eigenvalue weighted by atomic mass is 79.9. The maximum Gasteiger partial charge on any atom is 0.406 e. The molecule has 0 unspecified atom stereocenters. The van der Waals surface area contributed by atoms with Crippen LogP contribution in [-0.2, 0) is 35.2 Å². The molecule has 0 radical (unpaired) electrons. The lowest BCUT2D eigenvalue weighted by Crippen LogP contribution is -2.49. The summed E-state index contributed by atoms with van der Waals surface area (Å²) in [5.74, 6) is 0.306. The van der Waals surface area contributed by atoms with Gasteiger partial charge in [-0.1, -0.05) is 113 Å². The van der Waals surface area contributed by atoms with E-state index in [0.29, 0.717) is 36.5 Å². The molecule has 0 heterocycles. The van der Waals surface area contributed by atoms with E-state index in [1.807, 2.05) is 79.7 Å². The third-order valence-electron chi connectivity index (χ3n) is 8.17. The summed E-state index contributed by atoms with van der Waals surface area (Å²) in [6.45, 7) is 0.684. The Labute approximate surface area is 284 Å². The van der Waals surface area contributed by atoms with Crippen molar-refractivity contribution in [1.29, 1.82) is 0 Å². The van der Waals surface area contributed by atoms with Crippen LogP contribution in [0.4, 0.5) is 13.2 Å². The second kappa shape index (κ2) is 16.0. The fourth-order valence-corrected chi connectivity index (χ4v) is 6.50. The molecule has 0 fully saturated rings. The first-order valence-corrected chi connectivity index (χ1v) is 17.6. The third kappa shape index (κ3) is 7.99. The molecule has 0 atom stereocenters. The Bertz CT molecular complexity index is 1590. The maximum absolute atomic E-state index is 14.8. The summed E-state index contributed by atoms with van der Waals surface area (Å²) in [4.78, 5) is 15.7. The average molecular weight is 731 g/mol.